The predicted octanol–water partition coefficient (Wildman–Crippen LogP) is 3.97. The average molecular weight is 338 g/mol. The van der Waals surface area contributed by atoms with E-state index in [1.165, 1.54) is 0 Å². The molecule has 0 radical (unpaired) electrons. The molecular weight excluding hydrogens is 320 g/mol. The fourth-order valence-corrected chi connectivity index (χ4v) is 2.32. The van der Waals surface area contributed by atoms with E-state index < -0.39 is 12.1 Å². The van der Waals surface area contributed by atoms with Crippen LogP contribution in [0, 0.1) is 6.92 Å². The third kappa shape index (κ3) is 3.68. The van der Waals surface area contributed by atoms with Crippen molar-refractivity contribution in [3.8, 4) is 17.2 Å². The minimum absolute atomic E-state index is 0.242. The molecule has 0 unspecified atom stereocenters. The number of aryl methyl sites for hydroxylation is 1. The standard InChI is InChI=1S/C19H18N2O4/c1-12-9-10-15(11-16(12)23-3)19(22)24-13(2)17-20-21-18(25-17)14-7-5-4-6-8-14/h4-11,13H,1-3H3/t13-/m0/s1. The van der Waals surface area contributed by atoms with Gasteiger partial charge in [-0.2, -0.15) is 0 Å². The summed E-state index contributed by atoms with van der Waals surface area (Å²) in [6.07, 6.45) is -0.662. The summed E-state index contributed by atoms with van der Waals surface area (Å²) in [5, 5.41) is 7.97. The molecule has 0 saturated carbocycles. The van der Waals surface area contributed by atoms with E-state index in [9.17, 15) is 4.79 Å². The molecule has 0 aliphatic rings. The molecule has 128 valence electrons. The number of hydrogen-bond donors (Lipinski definition) is 0. The van der Waals surface area contributed by atoms with E-state index >= 15 is 0 Å². The lowest BCUT2D eigenvalue weighted by Crippen LogP contribution is -2.10. The van der Waals surface area contributed by atoms with E-state index in [1.807, 2.05) is 37.3 Å². The van der Waals surface area contributed by atoms with Gasteiger partial charge in [-0.1, -0.05) is 24.3 Å². The van der Waals surface area contributed by atoms with Crippen molar-refractivity contribution in [2.75, 3.05) is 7.11 Å². The van der Waals surface area contributed by atoms with Gasteiger partial charge in [-0.3, -0.25) is 0 Å². The van der Waals surface area contributed by atoms with Crippen molar-refractivity contribution in [3.63, 3.8) is 0 Å². The highest BCUT2D eigenvalue weighted by Gasteiger charge is 2.20. The molecule has 1 atom stereocenters. The van der Waals surface area contributed by atoms with Gasteiger partial charge in [0.05, 0.1) is 12.7 Å². The Morgan fingerprint density at radius 2 is 1.88 bits per heavy atom. The molecule has 0 N–H and O–H groups in total. The van der Waals surface area contributed by atoms with Gasteiger partial charge < -0.3 is 13.9 Å². The van der Waals surface area contributed by atoms with Crippen molar-refractivity contribution in [1.29, 1.82) is 0 Å². The van der Waals surface area contributed by atoms with E-state index in [-0.39, 0.29) is 5.89 Å². The molecule has 3 aromatic rings. The minimum atomic E-state index is -0.662. The van der Waals surface area contributed by atoms with Gasteiger partial charge in [-0.05, 0) is 43.7 Å². The molecule has 0 saturated heterocycles. The summed E-state index contributed by atoms with van der Waals surface area (Å²) < 4.78 is 16.3. The van der Waals surface area contributed by atoms with Gasteiger partial charge in [0.2, 0.25) is 5.89 Å². The number of rotatable bonds is 5. The highest BCUT2D eigenvalue weighted by molar-refractivity contribution is 5.90. The number of carbonyl (C=O) groups is 1. The zero-order valence-corrected chi connectivity index (χ0v) is 14.2. The van der Waals surface area contributed by atoms with Crippen molar-refractivity contribution in [2.24, 2.45) is 0 Å². The van der Waals surface area contributed by atoms with Crippen molar-refractivity contribution >= 4 is 5.97 Å². The number of aromatic nitrogens is 2. The van der Waals surface area contributed by atoms with E-state index in [0.29, 0.717) is 17.2 Å². The topological polar surface area (TPSA) is 74.5 Å². The molecule has 1 aromatic heterocycles. The van der Waals surface area contributed by atoms with Gasteiger partial charge in [0.1, 0.15) is 5.75 Å². The Morgan fingerprint density at radius 1 is 1.12 bits per heavy atom. The zero-order valence-electron chi connectivity index (χ0n) is 14.2. The first-order chi connectivity index (χ1) is 12.1. The van der Waals surface area contributed by atoms with Crippen LogP contribution in [0.25, 0.3) is 11.5 Å². The predicted molar refractivity (Wildman–Crippen MR) is 91.3 cm³/mol. The van der Waals surface area contributed by atoms with Gasteiger partial charge >= 0.3 is 5.97 Å². The summed E-state index contributed by atoms with van der Waals surface area (Å²) in [5.41, 5.74) is 2.15. The van der Waals surface area contributed by atoms with E-state index in [0.717, 1.165) is 11.1 Å². The van der Waals surface area contributed by atoms with Crippen LogP contribution in [0.3, 0.4) is 0 Å². The number of esters is 1. The maximum Gasteiger partial charge on any atom is 0.339 e. The van der Waals surface area contributed by atoms with Crippen LogP contribution in [0.4, 0.5) is 0 Å². The molecule has 0 fully saturated rings. The first-order valence-corrected chi connectivity index (χ1v) is 7.83. The van der Waals surface area contributed by atoms with Gasteiger partial charge in [0.25, 0.3) is 5.89 Å². The molecule has 0 bridgehead atoms. The summed E-state index contributed by atoms with van der Waals surface area (Å²) in [6.45, 7) is 3.59. The van der Waals surface area contributed by atoms with E-state index in [1.54, 1.807) is 32.2 Å². The summed E-state index contributed by atoms with van der Waals surface area (Å²) >= 11 is 0. The lowest BCUT2D eigenvalue weighted by molar-refractivity contribution is 0.0279. The molecule has 0 spiro atoms. The Morgan fingerprint density at radius 3 is 2.60 bits per heavy atom. The van der Waals surface area contributed by atoms with Crippen molar-refractivity contribution in [1.82, 2.24) is 10.2 Å². The van der Waals surface area contributed by atoms with Gasteiger partial charge in [-0.15, -0.1) is 10.2 Å². The zero-order chi connectivity index (χ0) is 17.8. The molecule has 3 rings (SSSR count). The summed E-state index contributed by atoms with van der Waals surface area (Å²) in [6, 6.07) is 14.5. The number of hydrogen-bond acceptors (Lipinski definition) is 6. The lowest BCUT2D eigenvalue weighted by atomic mass is 10.1. The van der Waals surface area contributed by atoms with Gasteiger partial charge in [0.15, 0.2) is 6.10 Å². The number of ether oxygens (including phenoxy) is 2. The van der Waals surface area contributed by atoms with Crippen LogP contribution < -0.4 is 4.74 Å². The molecule has 2 aromatic carbocycles. The van der Waals surface area contributed by atoms with Crippen LogP contribution in [-0.2, 0) is 4.74 Å². The Labute approximate surface area is 145 Å². The summed E-state index contributed by atoms with van der Waals surface area (Å²) in [5.74, 6) is 0.776. The number of benzene rings is 2. The molecular formula is C19H18N2O4. The Bertz CT molecular complexity index is 874. The minimum Gasteiger partial charge on any atom is -0.496 e. The van der Waals surface area contributed by atoms with Crippen molar-refractivity contribution in [3.05, 3.63) is 65.5 Å². The van der Waals surface area contributed by atoms with E-state index in [4.69, 9.17) is 13.9 Å². The largest absolute Gasteiger partial charge is 0.496 e. The van der Waals surface area contributed by atoms with Crippen LogP contribution in [0.1, 0.15) is 34.8 Å². The van der Waals surface area contributed by atoms with Crippen LogP contribution in [0.2, 0.25) is 0 Å². The lowest BCUT2D eigenvalue weighted by Gasteiger charge is -2.11. The van der Waals surface area contributed by atoms with Gasteiger partial charge in [-0.25, -0.2) is 4.79 Å². The summed E-state index contributed by atoms with van der Waals surface area (Å²) in [7, 11) is 1.56. The van der Waals surface area contributed by atoms with Crippen molar-refractivity contribution in [2.45, 2.75) is 20.0 Å². The second kappa shape index (κ2) is 7.17. The highest BCUT2D eigenvalue weighted by Crippen LogP contribution is 2.24. The Balaban J connectivity index is 1.73. The number of methoxy groups -OCH3 is 1. The first kappa shape index (κ1) is 16.7. The summed E-state index contributed by atoms with van der Waals surface area (Å²) in [4.78, 5) is 12.3. The smallest absolute Gasteiger partial charge is 0.339 e. The third-order valence-corrected chi connectivity index (χ3v) is 3.74. The molecule has 6 nitrogen and oxygen atoms in total. The maximum absolute atomic E-state index is 12.3. The molecule has 0 aliphatic carbocycles. The fourth-order valence-electron chi connectivity index (χ4n) is 2.32. The SMILES string of the molecule is COc1cc(C(=O)O[C@@H](C)c2nnc(-c3ccccc3)o2)ccc1C. The monoisotopic (exact) mass is 338 g/mol. The molecule has 0 aliphatic heterocycles. The van der Waals surface area contributed by atoms with Gasteiger partial charge in [0, 0.05) is 5.56 Å². The second-order valence-corrected chi connectivity index (χ2v) is 5.54. The second-order valence-electron chi connectivity index (χ2n) is 5.54. The molecule has 6 heteroatoms. The van der Waals surface area contributed by atoms with Crippen LogP contribution in [0.15, 0.2) is 52.9 Å². The normalized spacial score (nSPS) is 11.8. The Hall–Kier alpha value is -3.15. The molecule has 0 amide bonds. The molecule has 1 heterocycles. The van der Waals surface area contributed by atoms with Crippen LogP contribution in [-0.4, -0.2) is 23.3 Å². The fraction of sp³-hybridized carbons (Fsp3) is 0.211. The maximum atomic E-state index is 12.3. The first-order valence-electron chi connectivity index (χ1n) is 7.83. The molecule has 25 heavy (non-hydrogen) atoms. The highest BCUT2D eigenvalue weighted by atomic mass is 16.6. The quantitative estimate of drug-likeness (QED) is 0.655. The third-order valence-electron chi connectivity index (χ3n) is 3.74. The van der Waals surface area contributed by atoms with Crippen LogP contribution >= 0.6 is 0 Å². The average Bonchev–Trinajstić information content (AvgIpc) is 3.13. The van der Waals surface area contributed by atoms with E-state index in [2.05, 4.69) is 10.2 Å². The number of nitrogens with zero attached hydrogens (tertiary/aromatic N) is 2. The van der Waals surface area contributed by atoms with Crippen LogP contribution in [0.5, 0.6) is 5.75 Å². The van der Waals surface area contributed by atoms with Crippen molar-refractivity contribution < 1.29 is 18.7 Å². The Kier molecular flexibility index (Phi) is 4.79. The number of carbonyl (C=O) groups excluding carboxylic acids is 1.